The molecule has 0 bridgehead atoms. The van der Waals surface area contributed by atoms with Crippen molar-refractivity contribution in [2.24, 2.45) is 5.92 Å². The van der Waals surface area contributed by atoms with Crippen molar-refractivity contribution in [3.63, 3.8) is 0 Å². The maximum Gasteiger partial charge on any atom is 0.304 e. The summed E-state index contributed by atoms with van der Waals surface area (Å²) in [7, 11) is 0. The van der Waals surface area contributed by atoms with E-state index in [4.69, 9.17) is 16.7 Å². The third-order valence-corrected chi connectivity index (χ3v) is 1.83. The number of carboxylic acids is 1. The molecule has 0 aliphatic heterocycles. The summed E-state index contributed by atoms with van der Waals surface area (Å²) in [5, 5.41) is 8.17. The van der Waals surface area contributed by atoms with Crippen LogP contribution in [0.4, 0.5) is 0 Å². The van der Waals surface area contributed by atoms with Crippen molar-refractivity contribution in [1.29, 1.82) is 0 Å². The van der Waals surface area contributed by atoms with Crippen molar-refractivity contribution in [2.45, 2.75) is 38.5 Å². The van der Waals surface area contributed by atoms with Gasteiger partial charge in [0.1, 0.15) is 0 Å². The Kier molecular flexibility index (Phi) is 5.30. The summed E-state index contributed by atoms with van der Waals surface area (Å²) in [5.41, 5.74) is 0. The molecule has 0 fully saturated rings. The van der Waals surface area contributed by atoms with Gasteiger partial charge in [0.05, 0.1) is 6.42 Å². The van der Waals surface area contributed by atoms with Gasteiger partial charge in [-0.1, -0.05) is 13.8 Å². The van der Waals surface area contributed by atoms with Crippen LogP contribution in [0.3, 0.4) is 0 Å². The van der Waals surface area contributed by atoms with E-state index in [0.29, 0.717) is 5.92 Å². The van der Waals surface area contributed by atoms with Crippen LogP contribution in [0, 0.1) is 5.92 Å². The molecule has 2 nitrogen and oxygen atoms in total. The van der Waals surface area contributed by atoms with Crippen LogP contribution in [0.1, 0.15) is 33.1 Å². The number of alkyl halides is 1. The highest BCUT2D eigenvalue weighted by Gasteiger charge is 2.09. The molecule has 0 aliphatic carbocycles. The summed E-state index contributed by atoms with van der Waals surface area (Å²) in [4.78, 5) is 10.2. The molecule has 0 saturated heterocycles. The molecule has 0 aromatic heterocycles. The summed E-state index contributed by atoms with van der Waals surface area (Å²) < 4.78 is 0. The molecule has 0 spiro atoms. The topological polar surface area (TPSA) is 37.3 Å². The summed E-state index contributed by atoms with van der Waals surface area (Å²) in [6, 6.07) is 0. The molecule has 0 aromatic carbocycles. The number of aliphatic carboxylic acids is 1. The molecule has 1 atom stereocenters. The predicted molar refractivity (Wildman–Crippen MR) is 46.0 cm³/mol. The van der Waals surface area contributed by atoms with Crippen LogP contribution in [0.2, 0.25) is 0 Å². The van der Waals surface area contributed by atoms with E-state index in [-0.39, 0.29) is 11.8 Å². The van der Waals surface area contributed by atoms with Crippen molar-refractivity contribution in [3.8, 4) is 0 Å². The van der Waals surface area contributed by atoms with Gasteiger partial charge in [-0.25, -0.2) is 0 Å². The molecule has 66 valence electrons. The molecule has 3 heteroatoms. The van der Waals surface area contributed by atoms with E-state index in [9.17, 15) is 4.79 Å². The number of rotatable bonds is 5. The molecule has 0 amide bonds. The highest BCUT2D eigenvalue weighted by Crippen LogP contribution is 2.13. The third-order valence-electron chi connectivity index (χ3n) is 1.45. The second-order valence-electron chi connectivity index (χ2n) is 3.17. The molecule has 1 unspecified atom stereocenters. The van der Waals surface area contributed by atoms with Crippen molar-refractivity contribution in [3.05, 3.63) is 0 Å². The van der Waals surface area contributed by atoms with Crippen LogP contribution in [0.15, 0.2) is 0 Å². The van der Waals surface area contributed by atoms with Crippen molar-refractivity contribution in [1.82, 2.24) is 0 Å². The maximum absolute atomic E-state index is 10.2. The minimum Gasteiger partial charge on any atom is -0.481 e. The normalized spacial score (nSPS) is 13.5. The highest BCUT2D eigenvalue weighted by molar-refractivity contribution is 6.21. The summed E-state index contributed by atoms with van der Waals surface area (Å²) in [5.74, 6) is -0.209. The smallest absolute Gasteiger partial charge is 0.304 e. The zero-order chi connectivity index (χ0) is 8.85. The Labute approximate surface area is 72.6 Å². The number of hydrogen-bond acceptors (Lipinski definition) is 1. The van der Waals surface area contributed by atoms with E-state index in [1.807, 2.05) is 0 Å². The molecule has 0 saturated carbocycles. The average Bonchev–Trinajstić information content (AvgIpc) is 1.82. The van der Waals surface area contributed by atoms with E-state index in [1.165, 1.54) is 0 Å². The fraction of sp³-hybridized carbons (Fsp3) is 0.875. The maximum atomic E-state index is 10.2. The van der Waals surface area contributed by atoms with Gasteiger partial charge in [0, 0.05) is 5.38 Å². The van der Waals surface area contributed by atoms with Gasteiger partial charge in [-0.05, 0) is 18.8 Å². The van der Waals surface area contributed by atoms with Crippen LogP contribution in [-0.4, -0.2) is 16.5 Å². The van der Waals surface area contributed by atoms with Crippen LogP contribution in [0.5, 0.6) is 0 Å². The first-order valence-electron chi connectivity index (χ1n) is 3.88. The van der Waals surface area contributed by atoms with Crippen LogP contribution >= 0.6 is 11.6 Å². The number of hydrogen-bond donors (Lipinski definition) is 1. The van der Waals surface area contributed by atoms with E-state index in [0.717, 1.165) is 12.8 Å². The SMILES string of the molecule is CC(C)CCC(Cl)CC(=O)O. The van der Waals surface area contributed by atoms with E-state index in [1.54, 1.807) is 0 Å². The first-order valence-corrected chi connectivity index (χ1v) is 4.32. The Morgan fingerprint density at radius 1 is 1.45 bits per heavy atom. The first kappa shape index (κ1) is 10.8. The van der Waals surface area contributed by atoms with Gasteiger partial charge < -0.3 is 5.11 Å². The van der Waals surface area contributed by atoms with Gasteiger partial charge in [-0.3, -0.25) is 4.79 Å². The first-order chi connectivity index (χ1) is 5.02. The van der Waals surface area contributed by atoms with Gasteiger partial charge >= 0.3 is 5.97 Å². The van der Waals surface area contributed by atoms with Crippen molar-refractivity contribution >= 4 is 17.6 Å². The Morgan fingerprint density at radius 2 is 2.00 bits per heavy atom. The van der Waals surface area contributed by atoms with E-state index in [2.05, 4.69) is 13.8 Å². The molecule has 0 rings (SSSR count). The largest absolute Gasteiger partial charge is 0.481 e. The zero-order valence-corrected chi connectivity index (χ0v) is 7.77. The van der Waals surface area contributed by atoms with Gasteiger partial charge in [-0.15, -0.1) is 11.6 Å². The average molecular weight is 179 g/mol. The Morgan fingerprint density at radius 3 is 2.36 bits per heavy atom. The lowest BCUT2D eigenvalue weighted by Gasteiger charge is -2.07. The van der Waals surface area contributed by atoms with Crippen molar-refractivity contribution < 1.29 is 9.90 Å². The molecular formula is C8H15ClO2. The molecule has 0 aliphatic rings. The lowest BCUT2D eigenvalue weighted by Crippen LogP contribution is -2.07. The van der Waals surface area contributed by atoms with Gasteiger partial charge in [0.25, 0.3) is 0 Å². The van der Waals surface area contributed by atoms with Crippen LogP contribution < -0.4 is 0 Å². The molecule has 1 N–H and O–H groups in total. The second kappa shape index (κ2) is 5.42. The molecule has 0 aromatic rings. The fourth-order valence-electron chi connectivity index (χ4n) is 0.806. The predicted octanol–water partition coefficient (Wildman–Crippen LogP) is 2.50. The Balaban J connectivity index is 3.37. The van der Waals surface area contributed by atoms with E-state index >= 15 is 0 Å². The standard InChI is InChI=1S/C8H15ClO2/c1-6(2)3-4-7(9)5-8(10)11/h6-7H,3-5H2,1-2H3,(H,10,11). The third kappa shape index (κ3) is 7.66. The summed E-state index contributed by atoms with van der Waals surface area (Å²) in [6.45, 7) is 4.20. The minimum absolute atomic E-state index is 0.0777. The quantitative estimate of drug-likeness (QED) is 0.657. The molecule has 0 heterocycles. The molecule has 0 radical (unpaired) electrons. The molecular weight excluding hydrogens is 164 g/mol. The Hall–Kier alpha value is -0.240. The summed E-state index contributed by atoms with van der Waals surface area (Å²) >= 11 is 5.74. The number of halogens is 1. The van der Waals surface area contributed by atoms with Gasteiger partial charge in [0.2, 0.25) is 0 Å². The zero-order valence-electron chi connectivity index (χ0n) is 7.01. The second-order valence-corrected chi connectivity index (χ2v) is 3.78. The fourth-order valence-corrected chi connectivity index (χ4v) is 1.06. The monoisotopic (exact) mass is 178 g/mol. The van der Waals surface area contributed by atoms with E-state index < -0.39 is 5.97 Å². The summed E-state index contributed by atoms with van der Waals surface area (Å²) in [6.07, 6.45) is 1.88. The lowest BCUT2D eigenvalue weighted by molar-refractivity contribution is -0.137. The number of carbonyl (C=O) groups is 1. The van der Waals surface area contributed by atoms with Crippen molar-refractivity contribution in [2.75, 3.05) is 0 Å². The lowest BCUT2D eigenvalue weighted by atomic mass is 10.1. The molecule has 11 heavy (non-hydrogen) atoms. The van der Waals surface area contributed by atoms with Crippen LogP contribution in [0.25, 0.3) is 0 Å². The Bertz CT molecular complexity index is 123. The van der Waals surface area contributed by atoms with Crippen LogP contribution in [-0.2, 0) is 4.79 Å². The van der Waals surface area contributed by atoms with Gasteiger partial charge in [0.15, 0.2) is 0 Å². The van der Waals surface area contributed by atoms with Gasteiger partial charge in [-0.2, -0.15) is 0 Å². The number of carboxylic acid groups (broad SMARTS) is 1. The minimum atomic E-state index is -0.811. The highest BCUT2D eigenvalue weighted by atomic mass is 35.5.